The number of nitrogens with zero attached hydrogens (tertiary/aromatic N) is 2. The average Bonchev–Trinajstić information content (AvgIpc) is 3.11. The van der Waals surface area contributed by atoms with E-state index in [0.29, 0.717) is 6.42 Å². The van der Waals surface area contributed by atoms with Gasteiger partial charge in [-0.2, -0.15) is 0 Å². The van der Waals surface area contributed by atoms with Crippen molar-refractivity contribution >= 4 is 5.97 Å². The Morgan fingerprint density at radius 3 is 2.15 bits per heavy atom. The molecule has 0 saturated heterocycles. The number of carboxylic acids is 1. The van der Waals surface area contributed by atoms with E-state index in [2.05, 4.69) is 48.6 Å². The summed E-state index contributed by atoms with van der Waals surface area (Å²) in [4.78, 5) is 10.3. The molecule has 0 amide bonds. The molecule has 1 atom stereocenters. The number of hydrogen-bond acceptors (Lipinski definition) is 2. The molecular weight excluding hydrogens is 336 g/mol. The molecule has 0 aliphatic heterocycles. The van der Waals surface area contributed by atoms with Gasteiger partial charge in [-0.05, 0) is 38.0 Å². The van der Waals surface area contributed by atoms with Crippen LogP contribution in [0.3, 0.4) is 0 Å². The minimum Gasteiger partial charge on any atom is -0.550 e. The molecule has 0 fully saturated rings. The number of carbonyl (C=O) groups excluding carboxylic acids is 1. The Hall–Kier alpha value is -1.32. The van der Waals surface area contributed by atoms with Crippen LogP contribution < -0.4 is 9.67 Å². The van der Waals surface area contributed by atoms with Crippen molar-refractivity contribution in [3.05, 3.63) is 18.7 Å². The third kappa shape index (κ3) is 14.4. The molecular formula is C23H44N2O2. The fourth-order valence-electron chi connectivity index (χ4n) is 3.06. The van der Waals surface area contributed by atoms with E-state index in [1.165, 1.54) is 64.5 Å². The SMILES string of the molecule is CCCCC(CC)C(=O)[O-].CCCCCCCCn1cc[n+](CCCC)c1. The molecule has 1 aromatic heterocycles. The van der Waals surface area contributed by atoms with Gasteiger partial charge in [0, 0.05) is 5.97 Å². The number of aromatic nitrogens is 2. The summed E-state index contributed by atoms with van der Waals surface area (Å²) in [5.41, 5.74) is 0. The fraction of sp³-hybridized carbons (Fsp3) is 0.826. The van der Waals surface area contributed by atoms with Crippen LogP contribution >= 0.6 is 0 Å². The van der Waals surface area contributed by atoms with Gasteiger partial charge in [-0.25, -0.2) is 9.13 Å². The monoisotopic (exact) mass is 380 g/mol. The van der Waals surface area contributed by atoms with Crippen molar-refractivity contribution in [2.75, 3.05) is 0 Å². The van der Waals surface area contributed by atoms with Gasteiger partial charge in [0.1, 0.15) is 12.4 Å². The predicted molar refractivity (Wildman–Crippen MR) is 111 cm³/mol. The van der Waals surface area contributed by atoms with E-state index < -0.39 is 5.97 Å². The first-order chi connectivity index (χ1) is 13.1. The summed E-state index contributed by atoms with van der Waals surface area (Å²) in [7, 11) is 0. The van der Waals surface area contributed by atoms with Crippen molar-refractivity contribution < 1.29 is 14.5 Å². The zero-order valence-corrected chi connectivity index (χ0v) is 18.4. The normalized spacial score (nSPS) is 11.7. The van der Waals surface area contributed by atoms with Crippen LogP contribution in [0, 0.1) is 5.92 Å². The highest BCUT2D eigenvalue weighted by Crippen LogP contribution is 2.10. The van der Waals surface area contributed by atoms with Crippen molar-refractivity contribution in [3.8, 4) is 0 Å². The minimum atomic E-state index is -0.893. The lowest BCUT2D eigenvalue weighted by atomic mass is 10.00. The number of carbonyl (C=O) groups is 1. The zero-order chi connectivity index (χ0) is 20.3. The topological polar surface area (TPSA) is 48.9 Å². The quantitative estimate of drug-likeness (QED) is 0.321. The Labute approximate surface area is 168 Å². The van der Waals surface area contributed by atoms with Crippen LogP contribution in [-0.2, 0) is 17.9 Å². The second kappa shape index (κ2) is 18.1. The van der Waals surface area contributed by atoms with Crippen LogP contribution in [0.15, 0.2) is 18.7 Å². The van der Waals surface area contributed by atoms with E-state index >= 15 is 0 Å². The van der Waals surface area contributed by atoms with E-state index in [1.54, 1.807) is 0 Å². The standard InChI is InChI=1S/C15H29N2.C8H16O2/c1-3-5-7-8-9-10-12-17-14-13-16(15-17)11-6-4-2;1-3-5-6-7(4-2)8(9)10/h13-15H,3-12H2,1-2H3;7H,3-6H2,1-2H3,(H,9,10)/q+1;/p-1. The van der Waals surface area contributed by atoms with Gasteiger partial charge in [0.2, 0.25) is 6.33 Å². The Kier molecular flexibility index (Phi) is 17.2. The molecule has 4 nitrogen and oxygen atoms in total. The number of carboxylic acid groups (broad SMARTS) is 1. The molecule has 0 saturated carbocycles. The number of unbranched alkanes of at least 4 members (excludes halogenated alkanes) is 7. The highest BCUT2D eigenvalue weighted by molar-refractivity contribution is 5.67. The van der Waals surface area contributed by atoms with Crippen LogP contribution in [0.5, 0.6) is 0 Å². The molecule has 4 heteroatoms. The van der Waals surface area contributed by atoms with E-state index in [4.69, 9.17) is 0 Å². The van der Waals surface area contributed by atoms with Gasteiger partial charge in [-0.1, -0.05) is 72.6 Å². The maximum absolute atomic E-state index is 10.3. The first kappa shape index (κ1) is 25.7. The van der Waals surface area contributed by atoms with Gasteiger partial charge < -0.3 is 9.90 Å². The van der Waals surface area contributed by atoms with Crippen LogP contribution in [0.2, 0.25) is 0 Å². The smallest absolute Gasteiger partial charge is 0.243 e. The first-order valence-electron chi connectivity index (χ1n) is 11.3. The average molecular weight is 381 g/mol. The number of imidazole rings is 1. The van der Waals surface area contributed by atoms with Gasteiger partial charge in [-0.3, -0.25) is 0 Å². The van der Waals surface area contributed by atoms with Gasteiger partial charge in [0.15, 0.2) is 0 Å². The van der Waals surface area contributed by atoms with Crippen molar-refractivity contribution in [2.45, 2.75) is 118 Å². The zero-order valence-electron chi connectivity index (χ0n) is 18.4. The molecule has 0 spiro atoms. The molecule has 27 heavy (non-hydrogen) atoms. The molecule has 0 radical (unpaired) electrons. The third-order valence-corrected chi connectivity index (χ3v) is 5.02. The number of rotatable bonds is 15. The Balaban J connectivity index is 0.000000580. The predicted octanol–water partition coefficient (Wildman–Crippen LogP) is 4.89. The fourth-order valence-corrected chi connectivity index (χ4v) is 3.06. The van der Waals surface area contributed by atoms with Crippen molar-refractivity contribution in [3.63, 3.8) is 0 Å². The van der Waals surface area contributed by atoms with Crippen LogP contribution in [0.25, 0.3) is 0 Å². The molecule has 0 bridgehead atoms. The van der Waals surface area contributed by atoms with Gasteiger partial charge >= 0.3 is 0 Å². The molecule has 1 heterocycles. The molecule has 0 aliphatic carbocycles. The van der Waals surface area contributed by atoms with Crippen molar-refractivity contribution in [1.29, 1.82) is 0 Å². The molecule has 1 unspecified atom stereocenters. The number of hydrogen-bond donors (Lipinski definition) is 0. The second-order valence-corrected chi connectivity index (χ2v) is 7.58. The van der Waals surface area contributed by atoms with Crippen LogP contribution in [0.1, 0.15) is 105 Å². The Morgan fingerprint density at radius 1 is 0.926 bits per heavy atom. The van der Waals surface area contributed by atoms with Gasteiger partial charge in [-0.15, -0.1) is 0 Å². The highest BCUT2D eigenvalue weighted by Gasteiger charge is 2.05. The van der Waals surface area contributed by atoms with E-state index in [-0.39, 0.29) is 5.92 Å². The molecule has 1 rings (SSSR count). The Morgan fingerprint density at radius 2 is 1.56 bits per heavy atom. The summed E-state index contributed by atoms with van der Waals surface area (Å²) >= 11 is 0. The lowest BCUT2D eigenvalue weighted by molar-refractivity contribution is -0.696. The number of aryl methyl sites for hydroxylation is 2. The Bertz CT molecular complexity index is 457. The molecule has 0 aliphatic rings. The number of aliphatic carboxylic acids is 1. The molecule has 158 valence electrons. The van der Waals surface area contributed by atoms with Crippen molar-refractivity contribution in [2.24, 2.45) is 5.92 Å². The molecule has 1 aromatic rings. The summed E-state index contributed by atoms with van der Waals surface area (Å²) in [5, 5.41) is 10.3. The van der Waals surface area contributed by atoms with Crippen molar-refractivity contribution in [1.82, 2.24) is 4.57 Å². The summed E-state index contributed by atoms with van der Waals surface area (Å²) in [6.45, 7) is 10.8. The van der Waals surface area contributed by atoms with Gasteiger partial charge in [0.05, 0.1) is 13.1 Å². The van der Waals surface area contributed by atoms with E-state index in [1.807, 2.05) is 6.92 Å². The largest absolute Gasteiger partial charge is 0.550 e. The molecule has 0 aromatic carbocycles. The van der Waals surface area contributed by atoms with Gasteiger partial charge in [0.25, 0.3) is 0 Å². The maximum atomic E-state index is 10.3. The first-order valence-corrected chi connectivity index (χ1v) is 11.3. The molecule has 0 N–H and O–H groups in total. The lowest BCUT2D eigenvalue weighted by Crippen LogP contribution is -2.30. The summed E-state index contributed by atoms with van der Waals surface area (Å²) in [6.07, 6.45) is 21.0. The maximum Gasteiger partial charge on any atom is 0.243 e. The van der Waals surface area contributed by atoms with Crippen LogP contribution in [0.4, 0.5) is 0 Å². The highest BCUT2D eigenvalue weighted by atomic mass is 16.4. The summed E-state index contributed by atoms with van der Waals surface area (Å²) in [5.74, 6) is -1.11. The summed E-state index contributed by atoms with van der Waals surface area (Å²) in [6, 6.07) is 0. The lowest BCUT2D eigenvalue weighted by Gasteiger charge is -2.14. The van der Waals surface area contributed by atoms with E-state index in [9.17, 15) is 9.90 Å². The third-order valence-electron chi connectivity index (χ3n) is 5.02. The minimum absolute atomic E-state index is 0.222. The summed E-state index contributed by atoms with van der Waals surface area (Å²) < 4.78 is 4.63. The second-order valence-electron chi connectivity index (χ2n) is 7.58. The van der Waals surface area contributed by atoms with E-state index in [0.717, 1.165) is 19.3 Å². The van der Waals surface area contributed by atoms with Crippen LogP contribution in [-0.4, -0.2) is 10.5 Å².